The quantitative estimate of drug-likeness (QED) is 0.482. The van der Waals surface area contributed by atoms with Gasteiger partial charge in [0.1, 0.15) is 11.5 Å². The van der Waals surface area contributed by atoms with Crippen LogP contribution in [0.3, 0.4) is 0 Å². The first-order valence-electron chi connectivity index (χ1n) is 8.56. The number of para-hydroxylation sites is 1. The van der Waals surface area contributed by atoms with Crippen LogP contribution >= 0.6 is 0 Å². The molecule has 0 aliphatic heterocycles. The highest BCUT2D eigenvalue weighted by atomic mass is 16.5. The van der Waals surface area contributed by atoms with Crippen LogP contribution < -0.4 is 14.9 Å². The zero-order valence-corrected chi connectivity index (χ0v) is 14.6. The Balaban J connectivity index is 1.61. The Kier molecular flexibility index (Phi) is 5.63. The van der Waals surface area contributed by atoms with E-state index in [1.165, 1.54) is 6.20 Å². The van der Waals surface area contributed by atoms with E-state index < -0.39 is 0 Å². The summed E-state index contributed by atoms with van der Waals surface area (Å²) >= 11 is 0. The summed E-state index contributed by atoms with van der Waals surface area (Å²) in [6, 6.07) is 14.1. The summed E-state index contributed by atoms with van der Waals surface area (Å²) in [6.07, 6.45) is 2.35. The number of esters is 1. The van der Waals surface area contributed by atoms with Crippen molar-refractivity contribution >= 4 is 16.9 Å². The molecule has 0 fully saturated rings. The van der Waals surface area contributed by atoms with Crippen LogP contribution in [0.1, 0.15) is 19.8 Å². The van der Waals surface area contributed by atoms with E-state index in [0.29, 0.717) is 29.8 Å². The van der Waals surface area contributed by atoms with E-state index in [4.69, 9.17) is 9.47 Å². The standard InChI is InChI=1S/C20H20N2O4/c1-2-13-25-15-7-9-16(10-8-15)26-20(24)11-12-22-18-6-4-3-5-17(18)19(23)14-21-22/h3-10,14H,2,11-13H2,1H3. The van der Waals surface area contributed by atoms with Crippen LogP contribution in [0.15, 0.2) is 59.5 Å². The van der Waals surface area contributed by atoms with Gasteiger partial charge in [0.25, 0.3) is 0 Å². The Bertz CT molecular complexity index is 948. The molecule has 0 saturated heterocycles. The third kappa shape index (κ3) is 4.27. The largest absolute Gasteiger partial charge is 0.494 e. The first kappa shape index (κ1) is 17.7. The number of ether oxygens (including phenoxy) is 2. The zero-order chi connectivity index (χ0) is 18.4. The van der Waals surface area contributed by atoms with Gasteiger partial charge in [0.05, 0.1) is 31.3 Å². The molecule has 0 amide bonds. The number of benzene rings is 2. The van der Waals surface area contributed by atoms with Crippen molar-refractivity contribution in [2.45, 2.75) is 26.3 Å². The average Bonchev–Trinajstić information content (AvgIpc) is 2.67. The van der Waals surface area contributed by atoms with Crippen molar-refractivity contribution in [3.63, 3.8) is 0 Å². The highest BCUT2D eigenvalue weighted by Gasteiger charge is 2.08. The van der Waals surface area contributed by atoms with Crippen molar-refractivity contribution in [1.29, 1.82) is 0 Å². The maximum Gasteiger partial charge on any atom is 0.313 e. The molecular formula is C20H20N2O4. The minimum Gasteiger partial charge on any atom is -0.494 e. The van der Waals surface area contributed by atoms with Crippen LogP contribution in [0.2, 0.25) is 0 Å². The number of hydrogen-bond donors (Lipinski definition) is 0. The SMILES string of the molecule is CCCOc1ccc(OC(=O)CCn2ncc(=O)c3ccccc32)cc1. The van der Waals surface area contributed by atoms with E-state index in [9.17, 15) is 9.59 Å². The molecule has 3 rings (SSSR count). The van der Waals surface area contributed by atoms with Gasteiger partial charge in [-0.25, -0.2) is 0 Å². The molecule has 1 heterocycles. The predicted octanol–water partition coefficient (Wildman–Crippen LogP) is 3.18. The summed E-state index contributed by atoms with van der Waals surface area (Å²) in [5.74, 6) is 0.851. The summed E-state index contributed by atoms with van der Waals surface area (Å²) in [5, 5.41) is 4.69. The van der Waals surface area contributed by atoms with Gasteiger partial charge in [-0.05, 0) is 42.8 Å². The second-order valence-corrected chi connectivity index (χ2v) is 5.79. The Morgan fingerprint density at radius 3 is 2.58 bits per heavy atom. The fourth-order valence-electron chi connectivity index (χ4n) is 2.54. The molecule has 0 saturated carbocycles. The van der Waals surface area contributed by atoms with Crippen molar-refractivity contribution in [2.75, 3.05) is 6.61 Å². The summed E-state index contributed by atoms with van der Waals surface area (Å²) in [5.41, 5.74) is 0.565. The molecule has 0 atom stereocenters. The van der Waals surface area contributed by atoms with Gasteiger partial charge < -0.3 is 9.47 Å². The maximum atomic E-state index is 12.1. The Hall–Kier alpha value is -3.15. The van der Waals surface area contributed by atoms with Crippen molar-refractivity contribution in [3.05, 3.63) is 65.0 Å². The second-order valence-electron chi connectivity index (χ2n) is 5.79. The third-order valence-electron chi connectivity index (χ3n) is 3.82. The lowest BCUT2D eigenvalue weighted by Crippen LogP contribution is -2.16. The van der Waals surface area contributed by atoms with Crippen molar-refractivity contribution in [2.24, 2.45) is 0 Å². The highest BCUT2D eigenvalue weighted by molar-refractivity contribution is 5.78. The van der Waals surface area contributed by atoms with Crippen molar-refractivity contribution in [3.8, 4) is 11.5 Å². The molecule has 0 spiro atoms. The first-order chi connectivity index (χ1) is 12.7. The van der Waals surface area contributed by atoms with Gasteiger partial charge in [-0.1, -0.05) is 19.1 Å². The van der Waals surface area contributed by atoms with E-state index >= 15 is 0 Å². The van der Waals surface area contributed by atoms with Crippen LogP contribution in [-0.4, -0.2) is 22.4 Å². The van der Waals surface area contributed by atoms with E-state index in [2.05, 4.69) is 5.10 Å². The van der Waals surface area contributed by atoms with E-state index in [1.54, 1.807) is 41.1 Å². The van der Waals surface area contributed by atoms with Gasteiger partial charge >= 0.3 is 5.97 Å². The third-order valence-corrected chi connectivity index (χ3v) is 3.82. The molecule has 26 heavy (non-hydrogen) atoms. The molecule has 0 bridgehead atoms. The second kappa shape index (κ2) is 8.29. The lowest BCUT2D eigenvalue weighted by atomic mass is 10.2. The number of aromatic nitrogens is 2. The summed E-state index contributed by atoms with van der Waals surface area (Å²) in [6.45, 7) is 3.02. The summed E-state index contributed by atoms with van der Waals surface area (Å²) in [4.78, 5) is 23.9. The smallest absolute Gasteiger partial charge is 0.313 e. The molecular weight excluding hydrogens is 332 g/mol. The van der Waals surface area contributed by atoms with E-state index in [1.807, 2.05) is 19.1 Å². The van der Waals surface area contributed by atoms with Gasteiger partial charge in [-0.3, -0.25) is 14.3 Å². The molecule has 0 aliphatic rings. The molecule has 0 N–H and O–H groups in total. The topological polar surface area (TPSA) is 70.4 Å². The molecule has 3 aromatic rings. The lowest BCUT2D eigenvalue weighted by molar-refractivity contribution is -0.134. The number of hydrogen-bond acceptors (Lipinski definition) is 5. The molecule has 6 heteroatoms. The Labute approximate surface area is 151 Å². The van der Waals surface area contributed by atoms with Gasteiger partial charge in [0.2, 0.25) is 5.43 Å². The van der Waals surface area contributed by atoms with Gasteiger partial charge in [-0.15, -0.1) is 0 Å². The molecule has 134 valence electrons. The van der Waals surface area contributed by atoms with E-state index in [0.717, 1.165) is 12.2 Å². The molecule has 1 aromatic heterocycles. The number of carbonyl (C=O) groups is 1. The van der Waals surface area contributed by atoms with Gasteiger partial charge in [0.15, 0.2) is 0 Å². The minimum atomic E-state index is -0.364. The normalized spacial score (nSPS) is 10.7. The maximum absolute atomic E-state index is 12.1. The van der Waals surface area contributed by atoms with Crippen LogP contribution in [0.4, 0.5) is 0 Å². The lowest BCUT2D eigenvalue weighted by Gasteiger charge is -2.09. The van der Waals surface area contributed by atoms with Crippen LogP contribution in [0.25, 0.3) is 10.9 Å². The van der Waals surface area contributed by atoms with Crippen LogP contribution in [0, 0.1) is 0 Å². The summed E-state index contributed by atoms with van der Waals surface area (Å²) in [7, 11) is 0. The fraction of sp³-hybridized carbons (Fsp3) is 0.250. The molecule has 0 radical (unpaired) electrons. The monoisotopic (exact) mass is 352 g/mol. The van der Waals surface area contributed by atoms with Crippen LogP contribution in [-0.2, 0) is 11.3 Å². The number of carbonyl (C=O) groups excluding carboxylic acids is 1. The molecule has 0 unspecified atom stereocenters. The molecule has 2 aromatic carbocycles. The number of aryl methyl sites for hydroxylation is 1. The van der Waals surface area contributed by atoms with Gasteiger partial charge in [0, 0.05) is 5.39 Å². The highest BCUT2D eigenvalue weighted by Crippen LogP contribution is 2.18. The average molecular weight is 352 g/mol. The predicted molar refractivity (Wildman–Crippen MR) is 98.5 cm³/mol. The van der Waals surface area contributed by atoms with Gasteiger partial charge in [-0.2, -0.15) is 5.10 Å². The first-order valence-corrected chi connectivity index (χ1v) is 8.56. The minimum absolute atomic E-state index is 0.134. The fourth-order valence-corrected chi connectivity index (χ4v) is 2.54. The van der Waals surface area contributed by atoms with Crippen molar-refractivity contribution in [1.82, 2.24) is 9.78 Å². The Morgan fingerprint density at radius 2 is 1.81 bits per heavy atom. The number of fused-ring (bicyclic) bond motifs is 1. The van der Waals surface area contributed by atoms with Crippen LogP contribution in [0.5, 0.6) is 11.5 Å². The molecule has 6 nitrogen and oxygen atoms in total. The Morgan fingerprint density at radius 1 is 1.08 bits per heavy atom. The van der Waals surface area contributed by atoms with Crippen molar-refractivity contribution < 1.29 is 14.3 Å². The molecule has 0 aliphatic carbocycles. The zero-order valence-electron chi connectivity index (χ0n) is 14.6. The number of rotatable bonds is 7. The summed E-state index contributed by atoms with van der Waals surface area (Å²) < 4.78 is 12.5. The van der Waals surface area contributed by atoms with E-state index in [-0.39, 0.29) is 17.8 Å². The number of nitrogens with zero attached hydrogens (tertiary/aromatic N) is 2.